The van der Waals surface area contributed by atoms with Crippen LogP contribution in [-0.4, -0.2) is 11.7 Å². The molecule has 0 spiro atoms. The second-order valence-corrected chi connectivity index (χ2v) is 5.15. The molecule has 0 atom stereocenters. The molecule has 1 amide bonds. The van der Waals surface area contributed by atoms with Crippen molar-refractivity contribution < 1.29 is 22.8 Å². The van der Waals surface area contributed by atoms with E-state index in [0.717, 1.165) is 12.1 Å². The molecule has 0 bridgehead atoms. The Kier molecular flexibility index (Phi) is 4.42. The van der Waals surface area contributed by atoms with E-state index >= 15 is 0 Å². The van der Waals surface area contributed by atoms with E-state index in [1.54, 1.807) is 17.5 Å². The highest BCUT2D eigenvalue weighted by Crippen LogP contribution is 2.30. The monoisotopic (exact) mass is 313 g/mol. The summed E-state index contributed by atoms with van der Waals surface area (Å²) in [6.45, 7) is 0. The van der Waals surface area contributed by atoms with Gasteiger partial charge in [0, 0.05) is 5.69 Å². The van der Waals surface area contributed by atoms with Gasteiger partial charge in [0.05, 0.1) is 16.9 Å². The second-order valence-electron chi connectivity index (χ2n) is 4.20. The molecule has 3 nitrogen and oxygen atoms in total. The van der Waals surface area contributed by atoms with Crippen LogP contribution in [-0.2, 0) is 11.0 Å². The maximum absolute atomic E-state index is 12.5. The van der Waals surface area contributed by atoms with Gasteiger partial charge in [-0.1, -0.05) is 12.1 Å². The summed E-state index contributed by atoms with van der Waals surface area (Å²) >= 11 is 1.21. The predicted octanol–water partition coefficient (Wildman–Crippen LogP) is 3.98. The van der Waals surface area contributed by atoms with Crippen molar-refractivity contribution in [3.63, 3.8) is 0 Å². The number of ketones is 1. The Morgan fingerprint density at radius 2 is 1.90 bits per heavy atom. The van der Waals surface area contributed by atoms with Crippen LogP contribution in [0.1, 0.15) is 21.7 Å². The number of anilines is 1. The average Bonchev–Trinajstić information content (AvgIpc) is 2.91. The van der Waals surface area contributed by atoms with Gasteiger partial charge in [0.2, 0.25) is 5.91 Å². The first-order valence-electron chi connectivity index (χ1n) is 5.90. The molecule has 0 saturated carbocycles. The summed E-state index contributed by atoms with van der Waals surface area (Å²) in [6.07, 6.45) is -4.88. The lowest BCUT2D eigenvalue weighted by Gasteiger charge is -2.09. The number of hydrogen-bond acceptors (Lipinski definition) is 3. The zero-order valence-electron chi connectivity index (χ0n) is 10.6. The first kappa shape index (κ1) is 15.2. The molecule has 21 heavy (non-hydrogen) atoms. The number of halogens is 3. The third-order valence-corrected chi connectivity index (χ3v) is 3.50. The van der Waals surface area contributed by atoms with Gasteiger partial charge in [0.25, 0.3) is 0 Å². The summed E-state index contributed by atoms with van der Waals surface area (Å²) < 4.78 is 37.6. The van der Waals surface area contributed by atoms with Gasteiger partial charge in [-0.15, -0.1) is 11.3 Å². The van der Waals surface area contributed by atoms with Crippen molar-refractivity contribution in [2.45, 2.75) is 12.6 Å². The van der Waals surface area contributed by atoms with Crippen molar-refractivity contribution >= 4 is 28.7 Å². The predicted molar refractivity (Wildman–Crippen MR) is 73.3 cm³/mol. The first-order chi connectivity index (χ1) is 9.86. The van der Waals surface area contributed by atoms with E-state index in [2.05, 4.69) is 5.32 Å². The van der Waals surface area contributed by atoms with Crippen LogP contribution in [0.3, 0.4) is 0 Å². The topological polar surface area (TPSA) is 46.2 Å². The van der Waals surface area contributed by atoms with Gasteiger partial charge in [0.15, 0.2) is 5.78 Å². The smallest absolute Gasteiger partial charge is 0.326 e. The molecule has 0 aliphatic carbocycles. The molecule has 1 aromatic heterocycles. The number of carbonyl (C=O) groups excluding carboxylic acids is 2. The van der Waals surface area contributed by atoms with Crippen LogP contribution in [0.4, 0.5) is 18.9 Å². The number of thiophene rings is 1. The van der Waals surface area contributed by atoms with Gasteiger partial charge in [0.1, 0.15) is 0 Å². The molecule has 1 aromatic carbocycles. The number of amides is 1. The Morgan fingerprint density at radius 1 is 1.14 bits per heavy atom. The van der Waals surface area contributed by atoms with Gasteiger partial charge in [-0.3, -0.25) is 9.59 Å². The minimum absolute atomic E-state index is 0.00815. The van der Waals surface area contributed by atoms with Crippen LogP contribution in [0, 0.1) is 0 Å². The minimum atomic E-state index is -4.48. The van der Waals surface area contributed by atoms with Crippen LogP contribution < -0.4 is 5.32 Å². The fourth-order valence-electron chi connectivity index (χ4n) is 1.65. The molecule has 2 aromatic rings. The highest BCUT2D eigenvalue weighted by molar-refractivity contribution is 7.12. The highest BCUT2D eigenvalue weighted by Gasteiger charge is 2.30. The molecule has 1 N–H and O–H groups in total. The Balaban J connectivity index is 2.02. The molecule has 2 rings (SSSR count). The van der Waals surface area contributed by atoms with E-state index in [1.165, 1.54) is 23.5 Å². The molecule has 0 aliphatic rings. The summed E-state index contributed by atoms with van der Waals surface area (Å²) in [4.78, 5) is 23.8. The zero-order valence-corrected chi connectivity index (χ0v) is 11.4. The van der Waals surface area contributed by atoms with Gasteiger partial charge >= 0.3 is 6.18 Å². The lowest BCUT2D eigenvalue weighted by molar-refractivity contribution is -0.137. The largest absolute Gasteiger partial charge is 0.416 e. The molecule has 0 saturated heterocycles. The van der Waals surface area contributed by atoms with E-state index < -0.39 is 24.1 Å². The average molecular weight is 313 g/mol. The van der Waals surface area contributed by atoms with E-state index in [4.69, 9.17) is 0 Å². The molecule has 7 heteroatoms. The summed E-state index contributed by atoms with van der Waals surface area (Å²) in [5, 5.41) is 4.00. The molecule has 0 radical (unpaired) electrons. The maximum atomic E-state index is 12.5. The number of benzene rings is 1. The summed E-state index contributed by atoms with van der Waals surface area (Å²) in [5.41, 5.74) is -0.848. The van der Waals surface area contributed by atoms with Crippen molar-refractivity contribution in [3.05, 3.63) is 52.2 Å². The number of Topliss-reactive ketones (excluding diaryl/α,β-unsaturated/α-hetero) is 1. The maximum Gasteiger partial charge on any atom is 0.416 e. The molecule has 0 aliphatic heterocycles. The molecule has 110 valence electrons. The van der Waals surface area contributed by atoms with Gasteiger partial charge in [-0.25, -0.2) is 0 Å². The number of rotatable bonds is 4. The Labute approximate surface area is 122 Å². The Morgan fingerprint density at radius 3 is 2.52 bits per heavy atom. The number of nitrogens with one attached hydrogen (secondary N) is 1. The minimum Gasteiger partial charge on any atom is -0.326 e. The van der Waals surface area contributed by atoms with Gasteiger partial charge in [-0.05, 0) is 29.6 Å². The van der Waals surface area contributed by atoms with Crippen LogP contribution in [0.25, 0.3) is 0 Å². The van der Waals surface area contributed by atoms with Crippen molar-refractivity contribution in [3.8, 4) is 0 Å². The highest BCUT2D eigenvalue weighted by atomic mass is 32.1. The summed E-state index contributed by atoms with van der Waals surface area (Å²) in [7, 11) is 0. The fraction of sp³-hybridized carbons (Fsp3) is 0.143. The SMILES string of the molecule is O=C(CC(=O)c1cccs1)Nc1cccc(C(F)(F)F)c1. The molecule has 0 unspecified atom stereocenters. The van der Waals surface area contributed by atoms with E-state index in [1.807, 2.05) is 0 Å². The van der Waals surface area contributed by atoms with Crippen LogP contribution in [0.5, 0.6) is 0 Å². The normalized spacial score (nSPS) is 11.2. The van der Waals surface area contributed by atoms with Crippen molar-refractivity contribution in [1.82, 2.24) is 0 Å². The van der Waals surface area contributed by atoms with Crippen molar-refractivity contribution in [2.75, 3.05) is 5.32 Å². The first-order valence-corrected chi connectivity index (χ1v) is 6.78. The Bertz CT molecular complexity index is 650. The molecule has 1 heterocycles. The molecular weight excluding hydrogens is 303 g/mol. The third-order valence-electron chi connectivity index (χ3n) is 2.59. The zero-order chi connectivity index (χ0) is 15.5. The van der Waals surface area contributed by atoms with Crippen LogP contribution in [0.15, 0.2) is 41.8 Å². The fourth-order valence-corrected chi connectivity index (χ4v) is 2.31. The van der Waals surface area contributed by atoms with Gasteiger partial charge in [-0.2, -0.15) is 13.2 Å². The van der Waals surface area contributed by atoms with Gasteiger partial charge < -0.3 is 5.32 Å². The second kappa shape index (κ2) is 6.09. The van der Waals surface area contributed by atoms with Crippen LogP contribution in [0.2, 0.25) is 0 Å². The molecule has 0 fully saturated rings. The Hall–Kier alpha value is -2.15. The number of hydrogen-bond donors (Lipinski definition) is 1. The van der Waals surface area contributed by atoms with E-state index in [-0.39, 0.29) is 11.5 Å². The number of alkyl halides is 3. The number of carbonyl (C=O) groups is 2. The van der Waals surface area contributed by atoms with E-state index in [0.29, 0.717) is 4.88 Å². The quantitative estimate of drug-likeness (QED) is 0.685. The summed E-state index contributed by atoms with van der Waals surface area (Å²) in [6, 6.07) is 7.54. The molecular formula is C14H10F3NO2S. The third kappa shape index (κ3) is 4.16. The summed E-state index contributed by atoms with van der Waals surface area (Å²) in [5.74, 6) is -1.01. The van der Waals surface area contributed by atoms with Crippen LogP contribution >= 0.6 is 11.3 Å². The van der Waals surface area contributed by atoms with Crippen molar-refractivity contribution in [1.29, 1.82) is 0 Å². The van der Waals surface area contributed by atoms with E-state index in [9.17, 15) is 22.8 Å². The van der Waals surface area contributed by atoms with Crippen molar-refractivity contribution in [2.24, 2.45) is 0 Å². The lowest BCUT2D eigenvalue weighted by Crippen LogP contribution is -2.16. The lowest BCUT2D eigenvalue weighted by atomic mass is 10.2. The standard InChI is InChI=1S/C14H10F3NO2S/c15-14(16,17)9-3-1-4-10(7-9)18-13(20)8-11(19)12-5-2-6-21-12/h1-7H,8H2,(H,18,20).